The van der Waals surface area contributed by atoms with Crippen molar-refractivity contribution >= 4 is 17.8 Å². The number of pyridine rings is 1. The van der Waals surface area contributed by atoms with E-state index in [1.165, 1.54) is 19.4 Å². The third kappa shape index (κ3) is 5.16. The number of ether oxygens (including phenoxy) is 2. The molecule has 120 valence electrons. The number of carbonyl (C=O) groups excluding carboxylic acids is 3. The lowest BCUT2D eigenvalue weighted by Gasteiger charge is -2.21. The summed E-state index contributed by atoms with van der Waals surface area (Å²) in [5.74, 6) is -1.89. The van der Waals surface area contributed by atoms with Crippen molar-refractivity contribution < 1.29 is 23.9 Å². The molecule has 0 aliphatic carbocycles. The van der Waals surface area contributed by atoms with Crippen LogP contribution in [-0.4, -0.2) is 42.6 Å². The number of hydrogen-bond acceptors (Lipinski definition) is 6. The van der Waals surface area contributed by atoms with Gasteiger partial charge in [-0.25, -0.2) is 14.6 Å². The summed E-state index contributed by atoms with van der Waals surface area (Å²) in [5.41, 5.74) is 0.113. The lowest BCUT2D eigenvalue weighted by atomic mass is 9.99. The highest BCUT2D eigenvalue weighted by Gasteiger charge is 2.27. The number of hydrogen-bond donors (Lipinski definition) is 1. The predicted octanol–water partition coefficient (Wildman–Crippen LogP) is 0.942. The van der Waals surface area contributed by atoms with Gasteiger partial charge in [0, 0.05) is 6.20 Å². The Morgan fingerprint density at radius 2 is 2.05 bits per heavy atom. The van der Waals surface area contributed by atoms with Crippen molar-refractivity contribution in [1.29, 1.82) is 0 Å². The van der Waals surface area contributed by atoms with Crippen LogP contribution in [0.25, 0.3) is 0 Å². The number of amides is 1. The molecule has 0 saturated carbocycles. The topological polar surface area (TPSA) is 94.6 Å². The van der Waals surface area contributed by atoms with E-state index in [9.17, 15) is 14.4 Å². The summed E-state index contributed by atoms with van der Waals surface area (Å²) in [4.78, 5) is 38.9. The number of nitrogens with zero attached hydrogens (tertiary/aromatic N) is 1. The summed E-state index contributed by atoms with van der Waals surface area (Å²) in [7, 11) is 1.25. The van der Waals surface area contributed by atoms with Gasteiger partial charge in [0.2, 0.25) is 0 Å². The molecule has 0 fully saturated rings. The number of methoxy groups -OCH3 is 1. The predicted molar refractivity (Wildman–Crippen MR) is 77.9 cm³/mol. The molecule has 0 unspecified atom stereocenters. The van der Waals surface area contributed by atoms with Crippen LogP contribution in [-0.2, 0) is 19.1 Å². The Hall–Kier alpha value is -2.44. The van der Waals surface area contributed by atoms with Crippen LogP contribution >= 0.6 is 0 Å². The van der Waals surface area contributed by atoms with Crippen molar-refractivity contribution in [3.63, 3.8) is 0 Å². The van der Waals surface area contributed by atoms with Crippen molar-refractivity contribution in [1.82, 2.24) is 10.3 Å². The van der Waals surface area contributed by atoms with E-state index >= 15 is 0 Å². The molecule has 1 aromatic heterocycles. The number of nitrogens with one attached hydrogen (secondary N) is 1. The van der Waals surface area contributed by atoms with Gasteiger partial charge in [0.05, 0.1) is 7.11 Å². The quantitative estimate of drug-likeness (QED) is 0.753. The number of esters is 2. The minimum Gasteiger partial charge on any atom is -0.467 e. The van der Waals surface area contributed by atoms with Gasteiger partial charge < -0.3 is 14.8 Å². The van der Waals surface area contributed by atoms with Gasteiger partial charge in [-0.1, -0.05) is 26.3 Å². The number of aromatic nitrogens is 1. The highest BCUT2D eigenvalue weighted by atomic mass is 16.5. The van der Waals surface area contributed by atoms with Crippen LogP contribution < -0.4 is 5.32 Å². The summed E-state index contributed by atoms with van der Waals surface area (Å²) in [5, 5.41) is 2.51. The molecule has 0 radical (unpaired) electrons. The van der Waals surface area contributed by atoms with Crippen molar-refractivity contribution in [2.45, 2.75) is 26.3 Å². The average Bonchev–Trinajstić information content (AvgIpc) is 2.56. The summed E-state index contributed by atoms with van der Waals surface area (Å²) in [6, 6.07) is 4.02. The molecule has 0 aliphatic heterocycles. The molecule has 1 aromatic rings. The lowest BCUT2D eigenvalue weighted by Crippen LogP contribution is -2.47. The molecular formula is C15H20N2O5. The molecule has 0 bridgehead atoms. The summed E-state index contributed by atoms with van der Waals surface area (Å²) >= 11 is 0. The first-order chi connectivity index (χ1) is 10.5. The van der Waals surface area contributed by atoms with Crippen LogP contribution in [0.5, 0.6) is 0 Å². The second kappa shape index (κ2) is 8.76. The zero-order valence-electron chi connectivity index (χ0n) is 12.9. The normalized spacial score (nSPS) is 12.9. The lowest BCUT2D eigenvalue weighted by molar-refractivity contribution is -0.147. The van der Waals surface area contributed by atoms with Crippen molar-refractivity contribution in [2.75, 3.05) is 13.7 Å². The second-order valence-electron chi connectivity index (χ2n) is 4.74. The Bertz CT molecular complexity index is 518. The zero-order chi connectivity index (χ0) is 16.5. The highest BCUT2D eigenvalue weighted by Crippen LogP contribution is 2.09. The van der Waals surface area contributed by atoms with Gasteiger partial charge in [0.25, 0.3) is 5.91 Å². The van der Waals surface area contributed by atoms with E-state index in [1.54, 1.807) is 12.1 Å². The molecule has 2 atom stereocenters. The summed E-state index contributed by atoms with van der Waals surface area (Å²) in [6.45, 7) is 3.23. The monoisotopic (exact) mass is 308 g/mol. The van der Waals surface area contributed by atoms with E-state index in [1.807, 2.05) is 13.8 Å². The third-order valence-corrected chi connectivity index (χ3v) is 3.19. The van der Waals surface area contributed by atoms with Crippen LogP contribution in [0.2, 0.25) is 0 Å². The van der Waals surface area contributed by atoms with E-state index in [0.717, 1.165) is 0 Å². The molecule has 0 saturated heterocycles. The smallest absolute Gasteiger partial charge is 0.357 e. The largest absolute Gasteiger partial charge is 0.467 e. The first-order valence-electron chi connectivity index (χ1n) is 6.94. The van der Waals surface area contributed by atoms with Crippen molar-refractivity contribution in [3.05, 3.63) is 30.1 Å². The van der Waals surface area contributed by atoms with Gasteiger partial charge >= 0.3 is 11.9 Å². The van der Waals surface area contributed by atoms with Gasteiger partial charge in [-0.05, 0) is 18.1 Å². The first-order valence-corrected chi connectivity index (χ1v) is 6.94. The number of carbonyl (C=O) groups is 3. The molecule has 0 aromatic carbocycles. The fourth-order valence-corrected chi connectivity index (χ4v) is 1.70. The van der Waals surface area contributed by atoms with E-state index in [2.05, 4.69) is 15.0 Å². The first kappa shape index (κ1) is 17.6. The van der Waals surface area contributed by atoms with Gasteiger partial charge in [-0.2, -0.15) is 0 Å². The summed E-state index contributed by atoms with van der Waals surface area (Å²) in [6.07, 6.45) is 2.14. The fourth-order valence-electron chi connectivity index (χ4n) is 1.70. The molecule has 1 amide bonds. The molecule has 7 heteroatoms. The van der Waals surface area contributed by atoms with Crippen LogP contribution in [0.1, 0.15) is 30.8 Å². The highest BCUT2D eigenvalue weighted by molar-refractivity contribution is 5.90. The molecule has 0 aliphatic rings. The van der Waals surface area contributed by atoms with Crippen molar-refractivity contribution in [3.8, 4) is 0 Å². The second-order valence-corrected chi connectivity index (χ2v) is 4.74. The van der Waals surface area contributed by atoms with Gasteiger partial charge in [-0.3, -0.25) is 4.79 Å². The minimum absolute atomic E-state index is 0.0945. The molecule has 22 heavy (non-hydrogen) atoms. The van der Waals surface area contributed by atoms with Crippen molar-refractivity contribution in [2.24, 2.45) is 5.92 Å². The number of rotatable bonds is 7. The van der Waals surface area contributed by atoms with E-state index in [4.69, 9.17) is 4.74 Å². The maximum Gasteiger partial charge on any atom is 0.357 e. The Morgan fingerprint density at radius 1 is 1.32 bits per heavy atom. The molecule has 1 rings (SSSR count). The molecular weight excluding hydrogens is 288 g/mol. The van der Waals surface area contributed by atoms with E-state index in [0.29, 0.717) is 6.42 Å². The Kier molecular flexibility index (Phi) is 7.01. The minimum atomic E-state index is -0.768. The van der Waals surface area contributed by atoms with Crippen LogP contribution in [0.15, 0.2) is 24.4 Å². The fraction of sp³-hybridized carbons (Fsp3) is 0.467. The molecule has 7 nitrogen and oxygen atoms in total. The molecule has 0 spiro atoms. The maximum atomic E-state index is 11.8. The molecule has 1 heterocycles. The van der Waals surface area contributed by atoms with Gasteiger partial charge in [0.1, 0.15) is 11.7 Å². The van der Waals surface area contributed by atoms with E-state index in [-0.39, 0.29) is 11.6 Å². The summed E-state index contributed by atoms with van der Waals surface area (Å²) < 4.78 is 9.51. The van der Waals surface area contributed by atoms with Crippen LogP contribution in [0.3, 0.4) is 0 Å². The van der Waals surface area contributed by atoms with E-state index < -0.39 is 30.5 Å². The standard InChI is InChI=1S/C15H20N2O5/c1-4-10(2)13(15(20)21-3)17-12(18)9-22-14(19)11-7-5-6-8-16-11/h5-8,10,13H,4,9H2,1-3H3,(H,17,18)/t10-,13-/m1/s1. The average molecular weight is 308 g/mol. The van der Waals surface area contributed by atoms with Gasteiger partial charge in [0.15, 0.2) is 6.61 Å². The Labute approximate surface area is 129 Å². The van der Waals surface area contributed by atoms with Crippen LogP contribution in [0.4, 0.5) is 0 Å². The Balaban J connectivity index is 2.54. The Morgan fingerprint density at radius 3 is 2.59 bits per heavy atom. The van der Waals surface area contributed by atoms with Crippen LogP contribution in [0, 0.1) is 5.92 Å². The SMILES string of the molecule is CC[C@@H](C)[C@@H](NC(=O)COC(=O)c1ccccn1)C(=O)OC. The third-order valence-electron chi connectivity index (χ3n) is 3.19. The molecule has 1 N–H and O–H groups in total. The van der Waals surface area contributed by atoms with Gasteiger partial charge in [-0.15, -0.1) is 0 Å². The zero-order valence-corrected chi connectivity index (χ0v) is 12.9. The maximum absolute atomic E-state index is 11.8.